The van der Waals surface area contributed by atoms with E-state index < -0.39 is 0 Å². The Morgan fingerprint density at radius 1 is 1.25 bits per heavy atom. The van der Waals surface area contributed by atoms with Crippen molar-refractivity contribution >= 4 is 33.5 Å². The van der Waals surface area contributed by atoms with Crippen LogP contribution in [-0.4, -0.2) is 29.1 Å². The fraction of sp³-hybridized carbons (Fsp3) is 0.278. The molecule has 0 unspecified atom stereocenters. The lowest BCUT2D eigenvalue weighted by Gasteiger charge is -2.09. The zero-order valence-corrected chi connectivity index (χ0v) is 13.5. The third kappa shape index (κ3) is 3.37. The van der Waals surface area contributed by atoms with Gasteiger partial charge in [-0.05, 0) is 43.7 Å². The summed E-state index contributed by atoms with van der Waals surface area (Å²) in [4.78, 5) is 30.4. The topological polar surface area (TPSA) is 84.1 Å². The molecule has 2 N–H and O–H groups in total. The molecule has 6 heteroatoms. The number of benzene rings is 1. The third-order valence-electron chi connectivity index (χ3n) is 3.79. The minimum atomic E-state index is -0.179. The Morgan fingerprint density at radius 2 is 2.12 bits per heavy atom. The van der Waals surface area contributed by atoms with E-state index in [0.29, 0.717) is 37.0 Å². The first-order valence-corrected chi connectivity index (χ1v) is 7.99. The van der Waals surface area contributed by atoms with Crippen LogP contribution in [-0.2, 0) is 9.53 Å². The van der Waals surface area contributed by atoms with Crippen LogP contribution in [0.3, 0.4) is 0 Å². The van der Waals surface area contributed by atoms with Gasteiger partial charge in [0.1, 0.15) is 5.65 Å². The average molecular weight is 325 g/mol. The third-order valence-corrected chi connectivity index (χ3v) is 3.79. The van der Waals surface area contributed by atoms with Crippen molar-refractivity contribution in [1.82, 2.24) is 9.97 Å². The van der Waals surface area contributed by atoms with Crippen molar-refractivity contribution in [2.75, 3.05) is 18.5 Å². The summed E-state index contributed by atoms with van der Waals surface area (Å²) >= 11 is 0. The van der Waals surface area contributed by atoms with E-state index in [4.69, 9.17) is 4.74 Å². The molecular formula is C18H19N3O3. The zero-order chi connectivity index (χ0) is 16.9. The van der Waals surface area contributed by atoms with Crippen LogP contribution in [0.5, 0.6) is 0 Å². The number of hydrogen-bond donors (Lipinski definition) is 2. The highest BCUT2D eigenvalue weighted by molar-refractivity contribution is 6.05. The van der Waals surface area contributed by atoms with E-state index >= 15 is 0 Å². The molecule has 0 bridgehead atoms. The highest BCUT2D eigenvalue weighted by Gasteiger charge is 2.07. The molecule has 0 saturated heterocycles. The second-order valence-electron chi connectivity index (χ2n) is 5.45. The van der Waals surface area contributed by atoms with Gasteiger partial charge in [-0.3, -0.25) is 9.59 Å². The molecular weight excluding hydrogens is 306 g/mol. The molecule has 2 heterocycles. The van der Waals surface area contributed by atoms with Crippen molar-refractivity contribution in [1.29, 1.82) is 0 Å². The lowest BCUT2D eigenvalue weighted by atomic mass is 10.1. The number of nitrogens with one attached hydrogen (secondary N) is 2. The average Bonchev–Trinajstić information content (AvgIpc) is 2.59. The lowest BCUT2D eigenvalue weighted by molar-refractivity contribution is -0.143. The van der Waals surface area contributed by atoms with Crippen molar-refractivity contribution in [3.63, 3.8) is 0 Å². The molecule has 3 aromatic rings. The van der Waals surface area contributed by atoms with Crippen LogP contribution in [0.25, 0.3) is 21.8 Å². The number of carbonyl (C=O) groups excluding carboxylic acids is 1. The number of aromatic nitrogens is 2. The number of H-pyrrole nitrogens is 1. The quantitative estimate of drug-likeness (QED) is 0.413. The largest absolute Gasteiger partial charge is 0.466 e. The molecule has 0 aliphatic heterocycles. The van der Waals surface area contributed by atoms with Gasteiger partial charge in [0, 0.05) is 41.0 Å². The number of aromatic amines is 1. The van der Waals surface area contributed by atoms with E-state index in [1.807, 2.05) is 24.3 Å². The summed E-state index contributed by atoms with van der Waals surface area (Å²) in [6, 6.07) is 9.39. The molecule has 2 aromatic heterocycles. The Kier molecular flexibility index (Phi) is 4.74. The van der Waals surface area contributed by atoms with Gasteiger partial charge >= 0.3 is 5.97 Å². The van der Waals surface area contributed by atoms with Gasteiger partial charge in [-0.2, -0.15) is 0 Å². The van der Waals surface area contributed by atoms with Gasteiger partial charge in [0.2, 0.25) is 0 Å². The first-order chi connectivity index (χ1) is 11.7. The number of pyridine rings is 2. The van der Waals surface area contributed by atoms with E-state index in [1.54, 1.807) is 19.2 Å². The molecule has 0 atom stereocenters. The minimum Gasteiger partial charge on any atom is -0.466 e. The van der Waals surface area contributed by atoms with E-state index in [0.717, 1.165) is 16.5 Å². The van der Waals surface area contributed by atoms with E-state index in [-0.39, 0.29) is 11.5 Å². The lowest BCUT2D eigenvalue weighted by Crippen LogP contribution is -2.09. The normalized spacial score (nSPS) is 10.9. The molecule has 24 heavy (non-hydrogen) atoms. The summed E-state index contributed by atoms with van der Waals surface area (Å²) in [6.45, 7) is 2.86. The Labute approximate surface area is 138 Å². The predicted octanol–water partition coefficient (Wildman–Crippen LogP) is 2.83. The fourth-order valence-electron chi connectivity index (χ4n) is 2.67. The number of rotatable bonds is 6. The summed E-state index contributed by atoms with van der Waals surface area (Å²) in [5.74, 6) is -0.179. The van der Waals surface area contributed by atoms with E-state index in [9.17, 15) is 9.59 Å². The molecule has 0 aliphatic rings. The summed E-state index contributed by atoms with van der Waals surface area (Å²) in [6.07, 6.45) is 2.73. The number of ether oxygens (including phenoxy) is 1. The zero-order valence-electron chi connectivity index (χ0n) is 13.5. The van der Waals surface area contributed by atoms with Crippen LogP contribution in [0.1, 0.15) is 19.8 Å². The summed E-state index contributed by atoms with van der Waals surface area (Å²) in [5, 5.41) is 5.67. The van der Waals surface area contributed by atoms with Crippen LogP contribution in [0, 0.1) is 0 Å². The molecule has 0 fully saturated rings. The SMILES string of the molecule is CCOC(=O)CCCNc1ccc2c(=O)[nH]c3ncccc3c2c1. The molecule has 6 nitrogen and oxygen atoms in total. The highest BCUT2D eigenvalue weighted by Crippen LogP contribution is 2.23. The Morgan fingerprint density at radius 3 is 2.96 bits per heavy atom. The molecule has 0 amide bonds. The first-order valence-electron chi connectivity index (χ1n) is 7.99. The maximum absolute atomic E-state index is 12.1. The minimum absolute atomic E-state index is 0.148. The Hall–Kier alpha value is -2.89. The molecule has 0 radical (unpaired) electrons. The monoisotopic (exact) mass is 325 g/mol. The summed E-state index contributed by atoms with van der Waals surface area (Å²) in [7, 11) is 0. The van der Waals surface area contributed by atoms with Crippen molar-refractivity contribution in [2.24, 2.45) is 0 Å². The number of nitrogens with zero attached hydrogens (tertiary/aromatic N) is 1. The van der Waals surface area contributed by atoms with E-state index in [2.05, 4.69) is 15.3 Å². The van der Waals surface area contributed by atoms with Crippen molar-refractivity contribution in [2.45, 2.75) is 19.8 Å². The van der Waals surface area contributed by atoms with Crippen LogP contribution in [0.15, 0.2) is 41.3 Å². The van der Waals surface area contributed by atoms with Gasteiger partial charge in [0.05, 0.1) is 6.61 Å². The van der Waals surface area contributed by atoms with Crippen LogP contribution in [0.4, 0.5) is 5.69 Å². The Bertz CT molecular complexity index is 934. The predicted molar refractivity (Wildman–Crippen MR) is 94.2 cm³/mol. The second kappa shape index (κ2) is 7.12. The molecule has 124 valence electrons. The maximum Gasteiger partial charge on any atom is 0.305 e. The maximum atomic E-state index is 12.1. The number of fused-ring (bicyclic) bond motifs is 3. The molecule has 3 rings (SSSR count). The van der Waals surface area contributed by atoms with Gasteiger partial charge in [-0.25, -0.2) is 4.98 Å². The number of hydrogen-bond acceptors (Lipinski definition) is 5. The standard InChI is InChI=1S/C18H19N3O3/c1-2-24-16(22)6-4-9-19-12-7-8-14-15(11-12)13-5-3-10-20-17(13)21-18(14)23/h3,5,7-8,10-11,19H,2,4,6,9H2,1H3,(H,20,21,23). The smallest absolute Gasteiger partial charge is 0.305 e. The highest BCUT2D eigenvalue weighted by atomic mass is 16.5. The van der Waals surface area contributed by atoms with Crippen LogP contribution in [0.2, 0.25) is 0 Å². The molecule has 1 aromatic carbocycles. The van der Waals surface area contributed by atoms with Crippen molar-refractivity contribution < 1.29 is 9.53 Å². The van der Waals surface area contributed by atoms with Gasteiger partial charge in [-0.1, -0.05) is 0 Å². The van der Waals surface area contributed by atoms with Gasteiger partial charge in [0.15, 0.2) is 0 Å². The van der Waals surface area contributed by atoms with Gasteiger partial charge in [0.25, 0.3) is 5.56 Å². The second-order valence-corrected chi connectivity index (χ2v) is 5.45. The van der Waals surface area contributed by atoms with E-state index in [1.165, 1.54) is 0 Å². The fourth-order valence-corrected chi connectivity index (χ4v) is 2.67. The summed E-state index contributed by atoms with van der Waals surface area (Å²) in [5.41, 5.74) is 1.33. The van der Waals surface area contributed by atoms with Gasteiger partial charge < -0.3 is 15.0 Å². The molecule has 0 saturated carbocycles. The Balaban J connectivity index is 1.79. The number of anilines is 1. The van der Waals surface area contributed by atoms with Crippen LogP contribution < -0.4 is 10.9 Å². The van der Waals surface area contributed by atoms with Crippen LogP contribution >= 0.6 is 0 Å². The summed E-state index contributed by atoms with van der Waals surface area (Å²) < 4.78 is 4.90. The first kappa shape index (κ1) is 16.0. The van der Waals surface area contributed by atoms with Gasteiger partial charge in [-0.15, -0.1) is 0 Å². The number of carbonyl (C=O) groups is 1. The van der Waals surface area contributed by atoms with Crippen molar-refractivity contribution in [3.8, 4) is 0 Å². The molecule has 0 aliphatic carbocycles. The number of esters is 1. The molecule has 0 spiro atoms. The van der Waals surface area contributed by atoms with Crippen molar-refractivity contribution in [3.05, 3.63) is 46.9 Å².